The number of nitrogens with zero attached hydrogens (tertiary/aromatic N) is 4. The standard InChI is InChI=1S/C23H13F6N5O2/c1-33-16-6-5-15(12-3-2-4-13(18(12)16)21(33)36)34-19(23(27,28)29)14(10-31-34)20(35)32-11-7-8-30-17(9-11)22(24,25)26/h2-10H,1H3,(H,30,32,35). The van der Waals surface area contributed by atoms with Gasteiger partial charge in [-0.05, 0) is 30.3 Å². The van der Waals surface area contributed by atoms with E-state index in [0.717, 1.165) is 12.3 Å². The van der Waals surface area contributed by atoms with E-state index >= 15 is 0 Å². The van der Waals surface area contributed by atoms with Crippen molar-refractivity contribution in [2.75, 3.05) is 17.3 Å². The molecule has 0 saturated carbocycles. The summed E-state index contributed by atoms with van der Waals surface area (Å²) in [7, 11) is 1.54. The van der Waals surface area contributed by atoms with Crippen molar-refractivity contribution in [2.45, 2.75) is 12.4 Å². The minimum Gasteiger partial charge on any atom is -0.322 e. The smallest absolute Gasteiger partial charge is 0.322 e. The van der Waals surface area contributed by atoms with Crippen LogP contribution in [0, 0.1) is 0 Å². The highest BCUT2D eigenvalue weighted by atomic mass is 19.4. The molecule has 0 spiro atoms. The number of pyridine rings is 1. The number of hydrogen-bond acceptors (Lipinski definition) is 4. The van der Waals surface area contributed by atoms with Crippen LogP contribution < -0.4 is 10.2 Å². The van der Waals surface area contributed by atoms with Crippen LogP contribution in [0.5, 0.6) is 0 Å². The number of nitrogens with one attached hydrogen (secondary N) is 1. The van der Waals surface area contributed by atoms with Gasteiger partial charge in [-0.2, -0.15) is 31.4 Å². The molecular weight excluding hydrogens is 492 g/mol. The van der Waals surface area contributed by atoms with Crippen molar-refractivity contribution in [2.24, 2.45) is 0 Å². The SMILES string of the molecule is CN1C(=O)c2cccc3c(-n4ncc(C(=O)Nc5ccnc(C(F)(F)F)c5)c4C(F)(F)F)ccc1c23. The monoisotopic (exact) mass is 505 g/mol. The lowest BCUT2D eigenvalue weighted by Gasteiger charge is -2.16. The lowest BCUT2D eigenvalue weighted by atomic mass is 10.0. The van der Waals surface area contributed by atoms with Crippen molar-refractivity contribution in [3.05, 3.63) is 77.4 Å². The van der Waals surface area contributed by atoms with E-state index in [0.29, 0.717) is 39.0 Å². The summed E-state index contributed by atoms with van der Waals surface area (Å²) in [6.07, 6.45) is -8.41. The van der Waals surface area contributed by atoms with E-state index in [9.17, 15) is 35.9 Å². The fourth-order valence-corrected chi connectivity index (χ4v) is 4.14. The Morgan fingerprint density at radius 3 is 2.39 bits per heavy atom. The molecule has 13 heteroatoms. The molecule has 2 aromatic heterocycles. The van der Waals surface area contributed by atoms with Crippen molar-refractivity contribution >= 4 is 34.0 Å². The van der Waals surface area contributed by atoms with Gasteiger partial charge in [0.15, 0.2) is 5.69 Å². The number of carbonyl (C=O) groups excluding carboxylic acids is 2. The van der Waals surface area contributed by atoms with Gasteiger partial charge in [0.1, 0.15) is 5.69 Å². The maximum atomic E-state index is 14.2. The van der Waals surface area contributed by atoms with E-state index in [1.807, 2.05) is 5.32 Å². The van der Waals surface area contributed by atoms with Crippen molar-refractivity contribution in [3.63, 3.8) is 0 Å². The van der Waals surface area contributed by atoms with Gasteiger partial charge >= 0.3 is 12.4 Å². The number of amides is 2. The Morgan fingerprint density at radius 2 is 1.69 bits per heavy atom. The fourth-order valence-electron chi connectivity index (χ4n) is 4.14. The van der Waals surface area contributed by atoms with Gasteiger partial charge in [-0.15, -0.1) is 0 Å². The van der Waals surface area contributed by atoms with Crippen LogP contribution in [0.15, 0.2) is 54.9 Å². The summed E-state index contributed by atoms with van der Waals surface area (Å²) in [4.78, 5) is 29.8. The first-order valence-electron chi connectivity index (χ1n) is 10.2. The zero-order valence-electron chi connectivity index (χ0n) is 18.1. The number of carbonyl (C=O) groups is 2. The zero-order chi connectivity index (χ0) is 26.0. The summed E-state index contributed by atoms with van der Waals surface area (Å²) in [6, 6.07) is 8.95. The van der Waals surface area contributed by atoms with Crippen LogP contribution >= 0.6 is 0 Å². The second-order valence-electron chi connectivity index (χ2n) is 7.89. The van der Waals surface area contributed by atoms with Gasteiger partial charge in [-0.25, -0.2) is 4.68 Å². The van der Waals surface area contributed by atoms with Crippen LogP contribution in [-0.2, 0) is 12.4 Å². The molecule has 4 aromatic rings. The Morgan fingerprint density at radius 1 is 0.972 bits per heavy atom. The largest absolute Gasteiger partial charge is 0.434 e. The van der Waals surface area contributed by atoms with Gasteiger partial charge in [-0.1, -0.05) is 12.1 Å². The normalized spacial score (nSPS) is 13.5. The summed E-state index contributed by atoms with van der Waals surface area (Å²) in [6.45, 7) is 0. The van der Waals surface area contributed by atoms with Crippen molar-refractivity contribution in [1.29, 1.82) is 0 Å². The quantitative estimate of drug-likeness (QED) is 0.384. The Kier molecular flexibility index (Phi) is 5.05. The van der Waals surface area contributed by atoms with E-state index < -0.39 is 40.9 Å². The van der Waals surface area contributed by atoms with Crippen molar-refractivity contribution in [1.82, 2.24) is 14.8 Å². The molecule has 2 aromatic carbocycles. The van der Waals surface area contributed by atoms with E-state index in [-0.39, 0.29) is 11.6 Å². The Hall–Kier alpha value is -4.42. The number of rotatable bonds is 3. The molecule has 36 heavy (non-hydrogen) atoms. The van der Waals surface area contributed by atoms with Gasteiger partial charge < -0.3 is 10.2 Å². The van der Waals surface area contributed by atoms with Crippen LogP contribution in [0.1, 0.15) is 32.1 Å². The summed E-state index contributed by atoms with van der Waals surface area (Å²) in [5, 5.41) is 6.56. The molecule has 0 saturated heterocycles. The fraction of sp³-hybridized carbons (Fsp3) is 0.130. The zero-order valence-corrected chi connectivity index (χ0v) is 18.1. The minimum atomic E-state index is -5.06. The second-order valence-corrected chi connectivity index (χ2v) is 7.89. The third-order valence-electron chi connectivity index (χ3n) is 5.71. The van der Waals surface area contributed by atoms with Crippen molar-refractivity contribution in [3.8, 4) is 5.69 Å². The Balaban J connectivity index is 1.62. The van der Waals surface area contributed by atoms with Crippen LogP contribution in [-0.4, -0.2) is 33.6 Å². The van der Waals surface area contributed by atoms with Gasteiger partial charge in [0.2, 0.25) is 0 Å². The van der Waals surface area contributed by atoms with E-state index in [4.69, 9.17) is 0 Å². The van der Waals surface area contributed by atoms with Crippen LogP contribution in [0.3, 0.4) is 0 Å². The highest BCUT2D eigenvalue weighted by Gasteiger charge is 2.41. The molecule has 1 aliphatic heterocycles. The first kappa shape index (κ1) is 23.3. The molecule has 0 fully saturated rings. The highest BCUT2D eigenvalue weighted by molar-refractivity contribution is 6.25. The number of benzene rings is 2. The molecular formula is C23H13F6N5O2. The summed E-state index contributed by atoms with van der Waals surface area (Å²) in [5.74, 6) is -1.63. The minimum absolute atomic E-state index is 0.0339. The van der Waals surface area contributed by atoms with E-state index in [1.54, 1.807) is 6.07 Å². The first-order valence-corrected chi connectivity index (χ1v) is 10.2. The maximum absolute atomic E-state index is 14.2. The van der Waals surface area contributed by atoms with E-state index in [2.05, 4.69) is 10.1 Å². The Bertz CT molecular complexity index is 1560. The van der Waals surface area contributed by atoms with Gasteiger partial charge in [0.05, 0.1) is 23.1 Å². The molecule has 0 aliphatic carbocycles. The molecule has 0 radical (unpaired) electrons. The van der Waals surface area contributed by atoms with Gasteiger partial charge in [-0.3, -0.25) is 14.6 Å². The summed E-state index contributed by atoms with van der Waals surface area (Å²) in [5.41, 5.74) is -3.26. The molecule has 1 aliphatic rings. The Labute approximate surface area is 197 Å². The molecule has 0 unspecified atom stereocenters. The van der Waals surface area contributed by atoms with E-state index in [1.165, 1.54) is 36.2 Å². The molecule has 2 amide bonds. The lowest BCUT2D eigenvalue weighted by molar-refractivity contribution is -0.143. The van der Waals surface area contributed by atoms with Crippen molar-refractivity contribution < 1.29 is 35.9 Å². The molecule has 3 heterocycles. The average Bonchev–Trinajstić information content (AvgIpc) is 3.36. The molecule has 5 rings (SSSR count). The third kappa shape index (κ3) is 3.63. The average molecular weight is 505 g/mol. The van der Waals surface area contributed by atoms with Gasteiger partial charge in [0.25, 0.3) is 11.8 Å². The summed E-state index contributed by atoms with van der Waals surface area (Å²) >= 11 is 0. The topological polar surface area (TPSA) is 80.1 Å². The number of hydrogen-bond donors (Lipinski definition) is 1. The van der Waals surface area contributed by atoms with Crippen LogP contribution in [0.4, 0.5) is 37.7 Å². The van der Waals surface area contributed by atoms with Gasteiger partial charge in [0, 0.05) is 35.3 Å². The number of anilines is 2. The number of halogens is 6. The molecule has 0 bridgehead atoms. The van der Waals surface area contributed by atoms with Crippen LogP contribution in [0.25, 0.3) is 16.5 Å². The highest BCUT2D eigenvalue weighted by Crippen LogP contribution is 2.41. The third-order valence-corrected chi connectivity index (χ3v) is 5.71. The molecule has 1 N–H and O–H groups in total. The molecule has 7 nitrogen and oxygen atoms in total. The number of alkyl halides is 6. The lowest BCUT2D eigenvalue weighted by Crippen LogP contribution is -2.21. The predicted molar refractivity (Wildman–Crippen MR) is 116 cm³/mol. The van der Waals surface area contributed by atoms with Crippen LogP contribution in [0.2, 0.25) is 0 Å². The summed E-state index contributed by atoms with van der Waals surface area (Å²) < 4.78 is 81.8. The molecule has 0 atom stereocenters. The maximum Gasteiger partial charge on any atom is 0.434 e. The molecule has 184 valence electrons. The number of aromatic nitrogens is 3. The second kappa shape index (κ2) is 7.80. The predicted octanol–water partition coefficient (Wildman–Crippen LogP) is 5.30. The first-order chi connectivity index (χ1) is 16.9.